The number of nitrogens with zero attached hydrogens (tertiary/aromatic N) is 1. The highest BCUT2D eigenvalue weighted by Crippen LogP contribution is 2.33. The number of hydrogen-bond acceptors (Lipinski definition) is 1. The molecule has 1 nitrogen and oxygen atoms in total. The van der Waals surface area contributed by atoms with Crippen LogP contribution in [-0.4, -0.2) is 6.04 Å². The van der Waals surface area contributed by atoms with E-state index in [1.165, 1.54) is 22.1 Å². The maximum Gasteiger partial charge on any atom is 0.0492 e. The van der Waals surface area contributed by atoms with Crippen LogP contribution < -0.4 is 4.90 Å². The fraction of sp³-hybridized carbons (Fsp3) is 0.238. The second-order valence-electron chi connectivity index (χ2n) is 5.30. The van der Waals surface area contributed by atoms with E-state index in [9.17, 15) is 0 Å². The summed E-state index contributed by atoms with van der Waals surface area (Å²) in [5, 5.41) is 2.58. The van der Waals surface area contributed by atoms with Crippen LogP contribution in [0.5, 0.6) is 0 Å². The first-order valence-corrected chi connectivity index (χ1v) is 8.09. The Morgan fingerprint density at radius 2 is 1.27 bits per heavy atom. The summed E-state index contributed by atoms with van der Waals surface area (Å²) in [7, 11) is 0. The molecule has 3 aromatic rings. The molecule has 0 aliphatic heterocycles. The molecule has 0 fully saturated rings. The van der Waals surface area contributed by atoms with Gasteiger partial charge < -0.3 is 4.90 Å². The van der Waals surface area contributed by atoms with Crippen molar-refractivity contribution in [3.8, 4) is 0 Å². The number of para-hydroxylation sites is 1. The first-order valence-electron chi connectivity index (χ1n) is 8.09. The Bertz CT molecular complexity index is 696. The molecule has 0 heterocycles. The monoisotopic (exact) mass is 291 g/mol. The van der Waals surface area contributed by atoms with Crippen LogP contribution in [0.25, 0.3) is 10.8 Å². The van der Waals surface area contributed by atoms with Crippen LogP contribution in [0.1, 0.15) is 27.7 Å². The van der Waals surface area contributed by atoms with Crippen molar-refractivity contribution >= 4 is 22.1 Å². The summed E-state index contributed by atoms with van der Waals surface area (Å²) in [4.78, 5) is 2.39. The molecule has 0 saturated carbocycles. The fourth-order valence-electron chi connectivity index (χ4n) is 2.72. The summed E-state index contributed by atoms with van der Waals surface area (Å²) >= 11 is 0. The van der Waals surface area contributed by atoms with E-state index < -0.39 is 0 Å². The molecule has 0 aliphatic rings. The molecule has 22 heavy (non-hydrogen) atoms. The Labute approximate surface area is 134 Å². The van der Waals surface area contributed by atoms with E-state index in [2.05, 4.69) is 91.5 Å². The molecule has 3 rings (SSSR count). The van der Waals surface area contributed by atoms with Crippen molar-refractivity contribution in [3.63, 3.8) is 0 Å². The molecule has 0 radical (unpaired) electrons. The van der Waals surface area contributed by atoms with Crippen LogP contribution in [0.2, 0.25) is 0 Å². The third-order valence-corrected chi connectivity index (χ3v) is 3.58. The summed E-state index contributed by atoms with van der Waals surface area (Å²) < 4.78 is 0. The Morgan fingerprint density at radius 3 is 1.95 bits per heavy atom. The highest BCUT2D eigenvalue weighted by atomic mass is 15.2. The lowest BCUT2D eigenvalue weighted by Crippen LogP contribution is -2.25. The molecule has 0 atom stereocenters. The Hall–Kier alpha value is -2.28. The van der Waals surface area contributed by atoms with Gasteiger partial charge in [0.2, 0.25) is 0 Å². The highest BCUT2D eigenvalue weighted by molar-refractivity contribution is 5.96. The minimum absolute atomic E-state index is 0.406. The van der Waals surface area contributed by atoms with Gasteiger partial charge in [0.25, 0.3) is 0 Å². The zero-order valence-corrected chi connectivity index (χ0v) is 14.0. The predicted molar refractivity (Wildman–Crippen MR) is 99.0 cm³/mol. The minimum Gasteiger partial charge on any atom is -0.338 e. The van der Waals surface area contributed by atoms with Gasteiger partial charge in [-0.1, -0.05) is 68.4 Å². The molecule has 0 N–H and O–H groups in total. The van der Waals surface area contributed by atoms with Gasteiger partial charge in [-0.3, -0.25) is 0 Å². The van der Waals surface area contributed by atoms with Crippen LogP contribution in [-0.2, 0) is 0 Å². The van der Waals surface area contributed by atoms with Gasteiger partial charge >= 0.3 is 0 Å². The van der Waals surface area contributed by atoms with Gasteiger partial charge in [-0.05, 0) is 37.4 Å². The summed E-state index contributed by atoms with van der Waals surface area (Å²) in [6.07, 6.45) is 0. The molecule has 1 heteroatoms. The van der Waals surface area contributed by atoms with Crippen LogP contribution in [0, 0.1) is 0 Å². The van der Waals surface area contributed by atoms with Gasteiger partial charge in [0.15, 0.2) is 0 Å². The van der Waals surface area contributed by atoms with E-state index in [4.69, 9.17) is 0 Å². The van der Waals surface area contributed by atoms with Crippen molar-refractivity contribution in [3.05, 3.63) is 72.8 Å². The lowest BCUT2D eigenvalue weighted by Gasteiger charge is -2.30. The molecule has 0 aromatic heterocycles. The summed E-state index contributed by atoms with van der Waals surface area (Å²) in [5.74, 6) is 0. The van der Waals surface area contributed by atoms with Crippen molar-refractivity contribution in [2.45, 2.75) is 33.7 Å². The molecule has 114 valence electrons. The molecule has 0 aliphatic carbocycles. The third kappa shape index (κ3) is 3.30. The van der Waals surface area contributed by atoms with Crippen molar-refractivity contribution in [2.75, 3.05) is 4.90 Å². The average molecular weight is 291 g/mol. The third-order valence-electron chi connectivity index (χ3n) is 3.58. The average Bonchev–Trinajstić information content (AvgIpc) is 2.58. The van der Waals surface area contributed by atoms with Gasteiger partial charge in [-0.25, -0.2) is 0 Å². The largest absolute Gasteiger partial charge is 0.338 e. The Balaban J connectivity index is 0.000000847. The number of benzene rings is 3. The topological polar surface area (TPSA) is 3.24 Å². The van der Waals surface area contributed by atoms with E-state index in [1.807, 2.05) is 13.8 Å². The zero-order valence-electron chi connectivity index (χ0n) is 14.0. The standard InChI is InChI=1S/C19H19N.C2H6/c1-15(2)20(17-11-4-3-5-12-17)19-14-8-10-16-9-6-7-13-18(16)19;1-2/h3-15H,1-2H3;1-2H3. The minimum atomic E-state index is 0.406. The van der Waals surface area contributed by atoms with Crippen molar-refractivity contribution in [1.82, 2.24) is 0 Å². The normalized spacial score (nSPS) is 10.2. The van der Waals surface area contributed by atoms with Crippen LogP contribution in [0.15, 0.2) is 72.8 Å². The lowest BCUT2D eigenvalue weighted by molar-refractivity contribution is 0.791. The molecule has 0 saturated heterocycles. The van der Waals surface area contributed by atoms with Crippen LogP contribution >= 0.6 is 0 Å². The molecule has 0 spiro atoms. The van der Waals surface area contributed by atoms with Crippen LogP contribution in [0.3, 0.4) is 0 Å². The van der Waals surface area contributed by atoms with E-state index in [1.54, 1.807) is 0 Å². The first-order chi connectivity index (χ1) is 10.8. The Morgan fingerprint density at radius 1 is 0.682 bits per heavy atom. The second-order valence-corrected chi connectivity index (χ2v) is 5.30. The molecule has 0 bridgehead atoms. The maximum atomic E-state index is 2.39. The summed E-state index contributed by atoms with van der Waals surface area (Å²) in [6, 6.07) is 26.1. The van der Waals surface area contributed by atoms with Crippen molar-refractivity contribution < 1.29 is 0 Å². The van der Waals surface area contributed by atoms with Gasteiger partial charge in [-0.15, -0.1) is 0 Å². The summed E-state index contributed by atoms with van der Waals surface area (Å²) in [6.45, 7) is 8.46. The SMILES string of the molecule is CC.CC(C)N(c1ccccc1)c1cccc2ccccc12. The summed E-state index contributed by atoms with van der Waals surface area (Å²) in [5.41, 5.74) is 2.50. The van der Waals surface area contributed by atoms with E-state index in [0.29, 0.717) is 6.04 Å². The Kier molecular flexibility index (Phi) is 5.60. The molecular weight excluding hydrogens is 266 g/mol. The lowest BCUT2D eigenvalue weighted by atomic mass is 10.1. The van der Waals surface area contributed by atoms with E-state index in [-0.39, 0.29) is 0 Å². The number of hydrogen-bond donors (Lipinski definition) is 0. The van der Waals surface area contributed by atoms with Gasteiger partial charge in [0, 0.05) is 22.8 Å². The highest BCUT2D eigenvalue weighted by Gasteiger charge is 2.14. The predicted octanol–water partition coefficient (Wildman–Crippen LogP) is 6.41. The van der Waals surface area contributed by atoms with Gasteiger partial charge in [-0.2, -0.15) is 0 Å². The van der Waals surface area contributed by atoms with E-state index in [0.717, 1.165) is 0 Å². The maximum absolute atomic E-state index is 2.39. The zero-order chi connectivity index (χ0) is 15.9. The van der Waals surface area contributed by atoms with Crippen molar-refractivity contribution in [2.24, 2.45) is 0 Å². The molecule has 0 amide bonds. The molecule has 0 unspecified atom stereocenters. The number of anilines is 2. The van der Waals surface area contributed by atoms with E-state index >= 15 is 0 Å². The second kappa shape index (κ2) is 7.65. The quantitative estimate of drug-likeness (QED) is 0.538. The van der Waals surface area contributed by atoms with Gasteiger partial charge in [0.05, 0.1) is 0 Å². The molecule has 3 aromatic carbocycles. The van der Waals surface area contributed by atoms with Crippen LogP contribution in [0.4, 0.5) is 11.4 Å². The van der Waals surface area contributed by atoms with Crippen molar-refractivity contribution in [1.29, 1.82) is 0 Å². The first kappa shape index (κ1) is 16.1. The number of fused-ring (bicyclic) bond motifs is 1. The number of rotatable bonds is 3. The molecular formula is C21H25N. The van der Waals surface area contributed by atoms with Gasteiger partial charge in [0.1, 0.15) is 0 Å². The smallest absolute Gasteiger partial charge is 0.0492 e. The fourth-order valence-corrected chi connectivity index (χ4v) is 2.72.